The Bertz CT molecular complexity index is 771. The summed E-state index contributed by atoms with van der Waals surface area (Å²) in [5.41, 5.74) is 5.00. The molecule has 0 bridgehead atoms. The summed E-state index contributed by atoms with van der Waals surface area (Å²) in [5.74, 6) is 0.455. The Morgan fingerprint density at radius 2 is 2.08 bits per heavy atom. The molecule has 134 valence electrons. The summed E-state index contributed by atoms with van der Waals surface area (Å²) in [7, 11) is 3.49. The molecule has 2 aromatic heterocycles. The number of methoxy groups -OCH3 is 1. The van der Waals surface area contributed by atoms with Gasteiger partial charge < -0.3 is 9.64 Å². The molecule has 7 heteroatoms. The van der Waals surface area contributed by atoms with Gasteiger partial charge in [-0.3, -0.25) is 19.4 Å². The number of nitrogens with zero attached hydrogens (tertiary/aromatic N) is 5. The van der Waals surface area contributed by atoms with Crippen LogP contribution >= 0.6 is 0 Å². The van der Waals surface area contributed by atoms with Crippen molar-refractivity contribution in [2.75, 3.05) is 26.8 Å². The van der Waals surface area contributed by atoms with Crippen molar-refractivity contribution in [1.82, 2.24) is 24.6 Å². The molecule has 3 heterocycles. The highest BCUT2D eigenvalue weighted by Crippen LogP contribution is 2.29. The Kier molecular flexibility index (Phi) is 5.13. The second-order valence-electron chi connectivity index (χ2n) is 6.65. The fourth-order valence-corrected chi connectivity index (χ4v) is 3.56. The van der Waals surface area contributed by atoms with E-state index in [1.165, 1.54) is 0 Å². The summed E-state index contributed by atoms with van der Waals surface area (Å²) in [5, 5.41) is 4.50. The Balaban J connectivity index is 1.80. The number of hydrogen-bond donors (Lipinski definition) is 0. The van der Waals surface area contributed by atoms with E-state index in [9.17, 15) is 4.79 Å². The second kappa shape index (κ2) is 7.31. The van der Waals surface area contributed by atoms with Crippen LogP contribution in [0, 0.1) is 19.8 Å². The molecule has 0 N–H and O–H groups in total. The van der Waals surface area contributed by atoms with Gasteiger partial charge in [0.1, 0.15) is 6.61 Å². The zero-order valence-corrected chi connectivity index (χ0v) is 15.3. The van der Waals surface area contributed by atoms with E-state index in [4.69, 9.17) is 4.74 Å². The molecule has 1 unspecified atom stereocenters. The van der Waals surface area contributed by atoms with Crippen molar-refractivity contribution in [2.45, 2.75) is 26.7 Å². The van der Waals surface area contributed by atoms with E-state index in [0.717, 1.165) is 54.3 Å². The van der Waals surface area contributed by atoms with Gasteiger partial charge in [0.25, 0.3) is 0 Å². The van der Waals surface area contributed by atoms with Gasteiger partial charge in [-0.2, -0.15) is 5.10 Å². The molecule has 25 heavy (non-hydrogen) atoms. The number of amides is 1. The fourth-order valence-electron chi connectivity index (χ4n) is 3.56. The van der Waals surface area contributed by atoms with Crippen molar-refractivity contribution in [3.63, 3.8) is 0 Å². The molecule has 0 aliphatic carbocycles. The van der Waals surface area contributed by atoms with Gasteiger partial charge in [0.2, 0.25) is 5.91 Å². The molecule has 0 spiro atoms. The van der Waals surface area contributed by atoms with Crippen molar-refractivity contribution >= 4 is 5.91 Å². The zero-order chi connectivity index (χ0) is 18.0. The number of hydrogen-bond acceptors (Lipinski definition) is 5. The molecular formula is C18H25N5O2. The Labute approximate surface area is 148 Å². The van der Waals surface area contributed by atoms with Crippen LogP contribution in [-0.4, -0.2) is 57.4 Å². The molecule has 1 fully saturated rings. The first-order chi connectivity index (χ1) is 12.0. The molecular weight excluding hydrogens is 318 g/mol. The first-order valence-electron chi connectivity index (χ1n) is 8.58. The van der Waals surface area contributed by atoms with E-state index in [1.807, 2.05) is 23.6 Å². The topological polar surface area (TPSA) is 73.1 Å². The third-order valence-electron chi connectivity index (χ3n) is 4.91. The van der Waals surface area contributed by atoms with E-state index >= 15 is 0 Å². The molecule has 7 nitrogen and oxygen atoms in total. The number of rotatable bonds is 5. The van der Waals surface area contributed by atoms with Gasteiger partial charge in [0, 0.05) is 50.9 Å². The van der Waals surface area contributed by atoms with Crippen LogP contribution in [0.5, 0.6) is 0 Å². The predicted molar refractivity (Wildman–Crippen MR) is 94.0 cm³/mol. The van der Waals surface area contributed by atoms with Gasteiger partial charge in [-0.05, 0) is 32.6 Å². The average molecular weight is 343 g/mol. The fraction of sp³-hybridized carbons (Fsp3) is 0.556. The van der Waals surface area contributed by atoms with E-state index in [2.05, 4.69) is 22.0 Å². The molecule has 1 amide bonds. The molecule has 0 saturated carbocycles. The number of carbonyl (C=O) groups is 1. The van der Waals surface area contributed by atoms with Crippen LogP contribution in [0.25, 0.3) is 11.3 Å². The highest BCUT2D eigenvalue weighted by molar-refractivity contribution is 5.77. The van der Waals surface area contributed by atoms with E-state index in [-0.39, 0.29) is 12.5 Å². The van der Waals surface area contributed by atoms with Gasteiger partial charge in [0.05, 0.1) is 17.1 Å². The minimum atomic E-state index is 0.0586. The molecule has 0 radical (unpaired) electrons. The van der Waals surface area contributed by atoms with Gasteiger partial charge in [-0.15, -0.1) is 0 Å². The maximum absolute atomic E-state index is 12.0. The number of aromatic nitrogens is 4. The molecule has 1 atom stereocenters. The third kappa shape index (κ3) is 3.56. The molecule has 2 aromatic rings. The van der Waals surface area contributed by atoms with Crippen LogP contribution in [0.2, 0.25) is 0 Å². The van der Waals surface area contributed by atoms with E-state index < -0.39 is 0 Å². The summed E-state index contributed by atoms with van der Waals surface area (Å²) in [6.07, 6.45) is 5.26. The Hall–Kier alpha value is -2.28. The summed E-state index contributed by atoms with van der Waals surface area (Å²) in [4.78, 5) is 23.0. The monoisotopic (exact) mass is 343 g/mol. The SMILES string of the molecule is COCC(=O)N1CCC(Cc2nccnc2-c2c(C)nn(C)c2C)C1. The lowest BCUT2D eigenvalue weighted by Crippen LogP contribution is -2.31. The van der Waals surface area contributed by atoms with Crippen LogP contribution in [0.15, 0.2) is 12.4 Å². The summed E-state index contributed by atoms with van der Waals surface area (Å²) in [6, 6.07) is 0. The highest BCUT2D eigenvalue weighted by atomic mass is 16.5. The minimum absolute atomic E-state index is 0.0586. The van der Waals surface area contributed by atoms with Crippen molar-refractivity contribution < 1.29 is 9.53 Å². The summed E-state index contributed by atoms with van der Waals surface area (Å²) >= 11 is 0. The summed E-state index contributed by atoms with van der Waals surface area (Å²) < 4.78 is 6.83. The molecule has 3 rings (SSSR count). The first kappa shape index (κ1) is 17.5. The van der Waals surface area contributed by atoms with E-state index in [1.54, 1.807) is 19.5 Å². The highest BCUT2D eigenvalue weighted by Gasteiger charge is 2.28. The van der Waals surface area contributed by atoms with Crippen LogP contribution in [-0.2, 0) is 23.0 Å². The molecule has 1 aliphatic rings. The van der Waals surface area contributed by atoms with Gasteiger partial charge in [-0.1, -0.05) is 0 Å². The largest absolute Gasteiger partial charge is 0.375 e. The Morgan fingerprint density at radius 3 is 2.76 bits per heavy atom. The second-order valence-corrected chi connectivity index (χ2v) is 6.65. The van der Waals surface area contributed by atoms with Crippen molar-refractivity contribution in [1.29, 1.82) is 0 Å². The number of ether oxygens (including phenoxy) is 1. The summed E-state index contributed by atoms with van der Waals surface area (Å²) in [6.45, 7) is 5.74. The lowest BCUT2D eigenvalue weighted by molar-refractivity contribution is -0.134. The van der Waals surface area contributed by atoms with Crippen molar-refractivity contribution in [2.24, 2.45) is 13.0 Å². The van der Waals surface area contributed by atoms with Gasteiger partial charge in [0.15, 0.2) is 0 Å². The number of carbonyl (C=O) groups excluding carboxylic acids is 1. The number of aryl methyl sites for hydroxylation is 2. The smallest absolute Gasteiger partial charge is 0.248 e. The third-order valence-corrected chi connectivity index (χ3v) is 4.91. The maximum Gasteiger partial charge on any atom is 0.248 e. The average Bonchev–Trinajstić information content (AvgIpc) is 3.14. The van der Waals surface area contributed by atoms with Crippen LogP contribution in [0.3, 0.4) is 0 Å². The van der Waals surface area contributed by atoms with Crippen LogP contribution in [0.4, 0.5) is 0 Å². The van der Waals surface area contributed by atoms with Crippen LogP contribution < -0.4 is 0 Å². The van der Waals surface area contributed by atoms with Crippen molar-refractivity contribution in [3.8, 4) is 11.3 Å². The first-order valence-corrected chi connectivity index (χ1v) is 8.58. The predicted octanol–water partition coefficient (Wildman–Crippen LogP) is 1.53. The number of likely N-dealkylation sites (tertiary alicyclic amines) is 1. The molecule has 1 aliphatic heterocycles. The molecule has 1 saturated heterocycles. The lowest BCUT2D eigenvalue weighted by atomic mass is 9.98. The lowest BCUT2D eigenvalue weighted by Gasteiger charge is -2.16. The normalized spacial score (nSPS) is 17.3. The zero-order valence-electron chi connectivity index (χ0n) is 15.3. The maximum atomic E-state index is 12.0. The minimum Gasteiger partial charge on any atom is -0.375 e. The standard InChI is InChI=1S/C18H25N5O2/c1-12-17(13(2)22(3)21-12)18-15(19-6-7-20-18)9-14-5-8-23(10-14)16(24)11-25-4/h6-7,14H,5,8-11H2,1-4H3. The molecule has 0 aromatic carbocycles. The van der Waals surface area contributed by atoms with Gasteiger partial charge >= 0.3 is 0 Å². The Morgan fingerprint density at radius 1 is 1.32 bits per heavy atom. The van der Waals surface area contributed by atoms with Gasteiger partial charge in [-0.25, -0.2) is 0 Å². The van der Waals surface area contributed by atoms with E-state index in [0.29, 0.717) is 5.92 Å². The van der Waals surface area contributed by atoms with Crippen molar-refractivity contribution in [3.05, 3.63) is 29.5 Å². The van der Waals surface area contributed by atoms with Crippen LogP contribution in [0.1, 0.15) is 23.5 Å². The quantitative estimate of drug-likeness (QED) is 0.823.